The van der Waals surface area contributed by atoms with Crippen molar-refractivity contribution in [3.8, 4) is 5.69 Å². The summed E-state index contributed by atoms with van der Waals surface area (Å²) in [4.78, 5) is 37.0. The number of nitrogens with zero attached hydrogens (tertiary/aromatic N) is 1. The maximum atomic E-state index is 13.6. The van der Waals surface area contributed by atoms with Crippen molar-refractivity contribution in [3.63, 3.8) is 0 Å². The van der Waals surface area contributed by atoms with E-state index in [0.29, 0.717) is 5.39 Å². The van der Waals surface area contributed by atoms with Crippen molar-refractivity contribution in [1.82, 2.24) is 4.57 Å². The maximum absolute atomic E-state index is 13.6. The molecule has 0 aliphatic rings. The molecule has 0 aliphatic carbocycles. The van der Waals surface area contributed by atoms with Crippen molar-refractivity contribution in [3.05, 3.63) is 76.5 Å². The van der Waals surface area contributed by atoms with Crippen LogP contribution in [0.3, 0.4) is 0 Å². The Labute approximate surface area is 160 Å². The third-order valence-corrected chi connectivity index (χ3v) is 3.92. The molecule has 0 saturated heterocycles. The van der Waals surface area contributed by atoms with E-state index in [9.17, 15) is 18.8 Å². The molecule has 2 aromatic carbocycles. The molecular formula is C21H18FNO5. The fourth-order valence-electron chi connectivity index (χ4n) is 2.77. The van der Waals surface area contributed by atoms with Gasteiger partial charge in [0.2, 0.25) is 0 Å². The van der Waals surface area contributed by atoms with Gasteiger partial charge in [0.15, 0.2) is 6.61 Å². The molecular weight excluding hydrogens is 365 g/mol. The third kappa shape index (κ3) is 4.09. The van der Waals surface area contributed by atoms with Gasteiger partial charge in [-0.2, -0.15) is 0 Å². The largest absolute Gasteiger partial charge is 0.460 e. The topological polar surface area (TPSA) is 74.6 Å². The summed E-state index contributed by atoms with van der Waals surface area (Å²) in [6, 6.07) is 12.0. The lowest BCUT2D eigenvalue weighted by molar-refractivity contribution is -0.150. The van der Waals surface area contributed by atoms with Gasteiger partial charge in [0.05, 0.1) is 17.4 Å². The molecule has 0 saturated carbocycles. The maximum Gasteiger partial charge on any atom is 0.344 e. The first-order valence-corrected chi connectivity index (χ1v) is 8.64. The zero-order valence-electron chi connectivity index (χ0n) is 15.3. The Hall–Kier alpha value is -3.48. The molecule has 7 heteroatoms. The minimum absolute atomic E-state index is 0.0804. The minimum atomic E-state index is -0.790. The van der Waals surface area contributed by atoms with Crippen molar-refractivity contribution in [2.45, 2.75) is 20.0 Å². The molecule has 1 heterocycles. The van der Waals surface area contributed by atoms with E-state index in [0.717, 1.165) is 0 Å². The van der Waals surface area contributed by atoms with E-state index >= 15 is 0 Å². The molecule has 3 rings (SSSR count). The predicted octanol–water partition coefficient (Wildman–Crippen LogP) is 3.24. The molecule has 0 N–H and O–H groups in total. The standard InChI is InChI=1S/C21H18FNO5/c1-13(2)28-19(24)12-27-21(26)18-11-23(15-7-5-6-14(22)10-15)20(25)17-9-4-3-8-16(17)18/h3-11,13H,12H2,1-2H3. The molecule has 0 fully saturated rings. The second-order valence-electron chi connectivity index (χ2n) is 6.36. The van der Waals surface area contributed by atoms with Gasteiger partial charge >= 0.3 is 11.9 Å². The highest BCUT2D eigenvalue weighted by Gasteiger charge is 2.18. The van der Waals surface area contributed by atoms with Gasteiger partial charge in [-0.3, -0.25) is 9.36 Å². The molecule has 3 aromatic rings. The van der Waals surface area contributed by atoms with E-state index in [-0.39, 0.29) is 22.7 Å². The average Bonchev–Trinajstić information content (AvgIpc) is 2.66. The van der Waals surface area contributed by atoms with Gasteiger partial charge < -0.3 is 9.47 Å². The highest BCUT2D eigenvalue weighted by atomic mass is 19.1. The summed E-state index contributed by atoms with van der Waals surface area (Å²) < 4.78 is 24.8. The van der Waals surface area contributed by atoms with Gasteiger partial charge in [0.25, 0.3) is 5.56 Å². The van der Waals surface area contributed by atoms with Gasteiger partial charge in [0.1, 0.15) is 5.82 Å². The number of hydrogen-bond donors (Lipinski definition) is 0. The molecule has 0 aliphatic heterocycles. The summed E-state index contributed by atoms with van der Waals surface area (Å²) in [5, 5.41) is 0.647. The summed E-state index contributed by atoms with van der Waals surface area (Å²) in [6.45, 7) is 2.81. The lowest BCUT2D eigenvalue weighted by Gasteiger charge is -2.13. The monoisotopic (exact) mass is 383 g/mol. The van der Waals surface area contributed by atoms with Crippen LogP contribution in [0.4, 0.5) is 4.39 Å². The van der Waals surface area contributed by atoms with Crippen LogP contribution in [-0.4, -0.2) is 29.2 Å². The van der Waals surface area contributed by atoms with Crippen molar-refractivity contribution in [2.24, 2.45) is 0 Å². The number of carbonyl (C=O) groups excluding carboxylic acids is 2. The molecule has 0 bridgehead atoms. The smallest absolute Gasteiger partial charge is 0.344 e. The summed E-state index contributed by atoms with van der Waals surface area (Å²) >= 11 is 0. The van der Waals surface area contributed by atoms with E-state index in [1.54, 1.807) is 44.2 Å². The Morgan fingerprint density at radius 2 is 1.79 bits per heavy atom. The van der Waals surface area contributed by atoms with Crippen LogP contribution in [-0.2, 0) is 14.3 Å². The van der Waals surface area contributed by atoms with Crippen LogP contribution in [0.25, 0.3) is 16.5 Å². The Morgan fingerprint density at radius 1 is 1.07 bits per heavy atom. The van der Waals surface area contributed by atoms with Crippen molar-refractivity contribution in [2.75, 3.05) is 6.61 Å². The number of pyridine rings is 1. The fourth-order valence-corrected chi connectivity index (χ4v) is 2.77. The SMILES string of the molecule is CC(C)OC(=O)COC(=O)c1cn(-c2cccc(F)c2)c(=O)c2ccccc12. The Kier molecular flexibility index (Phi) is 5.54. The summed E-state index contributed by atoms with van der Waals surface area (Å²) in [7, 11) is 0. The van der Waals surface area contributed by atoms with Crippen LogP contribution in [0.5, 0.6) is 0 Å². The zero-order chi connectivity index (χ0) is 20.3. The number of esters is 2. The number of rotatable bonds is 5. The van der Waals surface area contributed by atoms with E-state index in [2.05, 4.69) is 0 Å². The molecule has 0 amide bonds. The van der Waals surface area contributed by atoms with E-state index in [4.69, 9.17) is 9.47 Å². The second kappa shape index (κ2) is 8.04. The lowest BCUT2D eigenvalue weighted by Crippen LogP contribution is -2.23. The number of hydrogen-bond acceptors (Lipinski definition) is 5. The Morgan fingerprint density at radius 3 is 2.46 bits per heavy atom. The minimum Gasteiger partial charge on any atom is -0.460 e. The first-order valence-electron chi connectivity index (χ1n) is 8.64. The Balaban J connectivity index is 2.04. The third-order valence-electron chi connectivity index (χ3n) is 3.92. The molecule has 0 unspecified atom stereocenters. The van der Waals surface area contributed by atoms with Gasteiger partial charge in [-0.1, -0.05) is 24.3 Å². The molecule has 0 atom stereocenters. The predicted molar refractivity (Wildman–Crippen MR) is 101 cm³/mol. The van der Waals surface area contributed by atoms with Gasteiger partial charge in [-0.25, -0.2) is 14.0 Å². The highest BCUT2D eigenvalue weighted by Crippen LogP contribution is 2.19. The van der Waals surface area contributed by atoms with E-state index in [1.807, 2.05) is 0 Å². The van der Waals surface area contributed by atoms with Crippen LogP contribution in [0.1, 0.15) is 24.2 Å². The van der Waals surface area contributed by atoms with Crippen molar-refractivity contribution >= 4 is 22.7 Å². The van der Waals surface area contributed by atoms with Crippen LogP contribution in [0.2, 0.25) is 0 Å². The number of fused-ring (bicyclic) bond motifs is 1. The first-order chi connectivity index (χ1) is 13.4. The molecule has 0 radical (unpaired) electrons. The molecule has 1 aromatic heterocycles. The van der Waals surface area contributed by atoms with Gasteiger partial charge in [0, 0.05) is 17.0 Å². The molecule has 0 spiro atoms. The van der Waals surface area contributed by atoms with Gasteiger partial charge in [-0.05, 0) is 38.1 Å². The van der Waals surface area contributed by atoms with E-state index in [1.165, 1.54) is 29.0 Å². The summed E-state index contributed by atoms with van der Waals surface area (Å²) in [6.07, 6.45) is 0.956. The van der Waals surface area contributed by atoms with Crippen molar-refractivity contribution < 1.29 is 23.5 Å². The van der Waals surface area contributed by atoms with Gasteiger partial charge in [-0.15, -0.1) is 0 Å². The summed E-state index contributed by atoms with van der Waals surface area (Å²) in [5.41, 5.74) is -0.0576. The highest BCUT2D eigenvalue weighted by molar-refractivity contribution is 6.04. The molecule has 144 valence electrons. The van der Waals surface area contributed by atoms with Crippen LogP contribution < -0.4 is 5.56 Å². The lowest BCUT2D eigenvalue weighted by atomic mass is 10.1. The normalized spacial score (nSPS) is 10.9. The molecule has 6 nitrogen and oxygen atoms in total. The fraction of sp³-hybridized carbons (Fsp3) is 0.190. The Bertz CT molecular complexity index is 1100. The summed E-state index contributed by atoms with van der Waals surface area (Å²) in [5.74, 6) is -1.98. The first kappa shape index (κ1) is 19.3. The average molecular weight is 383 g/mol. The van der Waals surface area contributed by atoms with Crippen molar-refractivity contribution in [1.29, 1.82) is 0 Å². The number of ether oxygens (including phenoxy) is 2. The van der Waals surface area contributed by atoms with Crippen LogP contribution in [0, 0.1) is 5.82 Å². The number of carbonyl (C=O) groups is 2. The van der Waals surface area contributed by atoms with Crippen LogP contribution >= 0.6 is 0 Å². The molecule has 28 heavy (non-hydrogen) atoms. The van der Waals surface area contributed by atoms with Crippen LogP contribution in [0.15, 0.2) is 59.5 Å². The second-order valence-corrected chi connectivity index (χ2v) is 6.36. The number of benzene rings is 2. The quantitative estimate of drug-likeness (QED) is 0.633. The van der Waals surface area contributed by atoms with E-state index < -0.39 is 29.9 Å². The number of halogens is 1. The number of aromatic nitrogens is 1. The zero-order valence-corrected chi connectivity index (χ0v) is 15.3.